The number of halogens is 1. The van der Waals surface area contributed by atoms with Gasteiger partial charge in [0, 0.05) is 6.54 Å². The van der Waals surface area contributed by atoms with E-state index in [2.05, 4.69) is 10.6 Å². The lowest BCUT2D eigenvalue weighted by molar-refractivity contribution is -0.124. The number of carbonyl (C=O) groups is 2. The van der Waals surface area contributed by atoms with Crippen LogP contribution in [0, 0.1) is 17.7 Å². The Kier molecular flexibility index (Phi) is 6.98. The number of amides is 2. The van der Waals surface area contributed by atoms with Gasteiger partial charge in [0.15, 0.2) is 0 Å². The Hall–Kier alpha value is -1.95. The van der Waals surface area contributed by atoms with E-state index in [1.165, 1.54) is 18.2 Å². The fourth-order valence-corrected chi connectivity index (χ4v) is 1.87. The molecule has 6 heteroatoms. The molecule has 2 amide bonds. The number of hydrogen-bond donors (Lipinski definition) is 3. The van der Waals surface area contributed by atoms with E-state index in [9.17, 15) is 14.0 Å². The molecule has 0 spiro atoms. The van der Waals surface area contributed by atoms with Crippen LogP contribution in [0.2, 0.25) is 0 Å². The van der Waals surface area contributed by atoms with E-state index in [-0.39, 0.29) is 23.3 Å². The Balaban J connectivity index is 2.74. The average molecular weight is 309 g/mol. The van der Waals surface area contributed by atoms with E-state index in [1.54, 1.807) is 6.07 Å². The van der Waals surface area contributed by atoms with Gasteiger partial charge in [-0.1, -0.05) is 32.9 Å². The molecular weight excluding hydrogens is 285 g/mol. The molecule has 0 saturated heterocycles. The van der Waals surface area contributed by atoms with Crippen molar-refractivity contribution in [3.05, 3.63) is 35.6 Å². The second kappa shape index (κ2) is 8.48. The molecule has 4 N–H and O–H groups in total. The van der Waals surface area contributed by atoms with Crippen LogP contribution in [0.15, 0.2) is 24.3 Å². The summed E-state index contributed by atoms with van der Waals surface area (Å²) in [6.45, 7) is 6.46. The highest BCUT2D eigenvalue weighted by Gasteiger charge is 2.25. The van der Waals surface area contributed by atoms with Crippen LogP contribution in [-0.4, -0.2) is 30.9 Å². The molecule has 0 aliphatic rings. The monoisotopic (exact) mass is 309 g/mol. The first-order valence-corrected chi connectivity index (χ1v) is 7.40. The minimum Gasteiger partial charge on any atom is -0.354 e. The standard InChI is InChI=1S/C16H24FN3O2/c1-10(2)14(16(22)19-9-11(3)8-18)20-15(21)12-6-4-5-7-13(12)17/h4-7,10-11,14H,8-9,18H2,1-3H3,(H,19,22)(H,20,21). The molecule has 1 aromatic rings. The fourth-order valence-electron chi connectivity index (χ4n) is 1.87. The van der Waals surface area contributed by atoms with Gasteiger partial charge in [0.2, 0.25) is 5.91 Å². The molecular formula is C16H24FN3O2. The number of nitrogens with two attached hydrogens (primary N) is 1. The summed E-state index contributed by atoms with van der Waals surface area (Å²) in [5.41, 5.74) is 5.43. The molecule has 1 rings (SSSR count). The zero-order valence-electron chi connectivity index (χ0n) is 13.2. The van der Waals surface area contributed by atoms with Crippen molar-refractivity contribution >= 4 is 11.8 Å². The molecule has 0 fully saturated rings. The summed E-state index contributed by atoms with van der Waals surface area (Å²) < 4.78 is 13.6. The Labute approximate surface area is 130 Å². The van der Waals surface area contributed by atoms with Gasteiger partial charge in [-0.2, -0.15) is 0 Å². The second-order valence-corrected chi connectivity index (χ2v) is 5.76. The number of benzene rings is 1. The third kappa shape index (κ3) is 5.11. The molecule has 5 nitrogen and oxygen atoms in total. The minimum absolute atomic E-state index is 0.0729. The van der Waals surface area contributed by atoms with E-state index in [1.807, 2.05) is 20.8 Å². The van der Waals surface area contributed by atoms with Crippen LogP contribution >= 0.6 is 0 Å². The van der Waals surface area contributed by atoms with E-state index >= 15 is 0 Å². The molecule has 0 aliphatic carbocycles. The van der Waals surface area contributed by atoms with Crippen LogP contribution < -0.4 is 16.4 Å². The lowest BCUT2D eigenvalue weighted by Gasteiger charge is -2.22. The first-order valence-electron chi connectivity index (χ1n) is 7.40. The molecule has 0 saturated carbocycles. The quantitative estimate of drug-likeness (QED) is 0.709. The van der Waals surface area contributed by atoms with Crippen LogP contribution in [0.5, 0.6) is 0 Å². The summed E-state index contributed by atoms with van der Waals surface area (Å²) in [6.07, 6.45) is 0. The normalized spacial score (nSPS) is 13.5. The summed E-state index contributed by atoms with van der Waals surface area (Å²) in [6, 6.07) is 4.95. The maximum atomic E-state index is 13.6. The Morgan fingerprint density at radius 3 is 2.41 bits per heavy atom. The summed E-state index contributed by atoms with van der Waals surface area (Å²) in [5, 5.41) is 5.35. The topological polar surface area (TPSA) is 84.2 Å². The highest BCUT2D eigenvalue weighted by Crippen LogP contribution is 2.09. The van der Waals surface area contributed by atoms with Crippen molar-refractivity contribution < 1.29 is 14.0 Å². The second-order valence-electron chi connectivity index (χ2n) is 5.76. The van der Waals surface area contributed by atoms with Crippen LogP contribution in [0.4, 0.5) is 4.39 Å². The Morgan fingerprint density at radius 2 is 1.86 bits per heavy atom. The van der Waals surface area contributed by atoms with Gasteiger partial charge in [0.1, 0.15) is 11.9 Å². The van der Waals surface area contributed by atoms with Crippen LogP contribution in [0.1, 0.15) is 31.1 Å². The van der Waals surface area contributed by atoms with Gasteiger partial charge in [0.25, 0.3) is 5.91 Å². The largest absolute Gasteiger partial charge is 0.354 e. The smallest absolute Gasteiger partial charge is 0.254 e. The van der Waals surface area contributed by atoms with Gasteiger partial charge < -0.3 is 16.4 Å². The maximum absolute atomic E-state index is 13.6. The summed E-state index contributed by atoms with van der Waals surface area (Å²) >= 11 is 0. The van der Waals surface area contributed by atoms with Gasteiger partial charge in [-0.15, -0.1) is 0 Å². The summed E-state index contributed by atoms with van der Waals surface area (Å²) in [4.78, 5) is 24.3. The lowest BCUT2D eigenvalue weighted by atomic mass is 10.0. The molecule has 22 heavy (non-hydrogen) atoms. The van der Waals surface area contributed by atoms with E-state index in [0.717, 1.165) is 0 Å². The SMILES string of the molecule is CC(CN)CNC(=O)C(NC(=O)c1ccccc1F)C(C)C. The van der Waals surface area contributed by atoms with Crippen molar-refractivity contribution in [2.45, 2.75) is 26.8 Å². The Bertz CT molecular complexity index is 520. The first kappa shape index (κ1) is 18.1. The zero-order valence-corrected chi connectivity index (χ0v) is 13.2. The summed E-state index contributed by atoms with van der Waals surface area (Å²) in [7, 11) is 0. The number of nitrogens with one attached hydrogen (secondary N) is 2. The van der Waals surface area contributed by atoms with E-state index in [0.29, 0.717) is 13.1 Å². The third-order valence-electron chi connectivity index (χ3n) is 3.38. The van der Waals surface area contributed by atoms with Crippen LogP contribution in [0.3, 0.4) is 0 Å². The molecule has 0 aliphatic heterocycles. The van der Waals surface area contributed by atoms with Crippen molar-refractivity contribution in [1.29, 1.82) is 0 Å². The molecule has 0 aromatic heterocycles. The molecule has 0 bridgehead atoms. The molecule has 1 aromatic carbocycles. The predicted molar refractivity (Wildman–Crippen MR) is 83.7 cm³/mol. The van der Waals surface area contributed by atoms with E-state index in [4.69, 9.17) is 5.73 Å². The number of hydrogen-bond acceptors (Lipinski definition) is 3. The number of rotatable bonds is 7. The van der Waals surface area contributed by atoms with Crippen molar-refractivity contribution in [1.82, 2.24) is 10.6 Å². The first-order chi connectivity index (χ1) is 10.4. The fraction of sp³-hybridized carbons (Fsp3) is 0.500. The lowest BCUT2D eigenvalue weighted by Crippen LogP contribution is -2.50. The van der Waals surface area contributed by atoms with Crippen molar-refractivity contribution in [3.8, 4) is 0 Å². The van der Waals surface area contributed by atoms with Gasteiger partial charge in [-0.25, -0.2) is 4.39 Å². The Morgan fingerprint density at radius 1 is 1.23 bits per heavy atom. The predicted octanol–water partition coefficient (Wildman–Crippen LogP) is 1.29. The highest BCUT2D eigenvalue weighted by molar-refractivity contribution is 5.97. The van der Waals surface area contributed by atoms with Crippen LogP contribution in [0.25, 0.3) is 0 Å². The molecule has 0 radical (unpaired) electrons. The average Bonchev–Trinajstić information content (AvgIpc) is 2.49. The van der Waals surface area contributed by atoms with Crippen molar-refractivity contribution in [3.63, 3.8) is 0 Å². The van der Waals surface area contributed by atoms with Crippen molar-refractivity contribution in [2.75, 3.05) is 13.1 Å². The van der Waals surface area contributed by atoms with Gasteiger partial charge >= 0.3 is 0 Å². The third-order valence-corrected chi connectivity index (χ3v) is 3.38. The highest BCUT2D eigenvalue weighted by atomic mass is 19.1. The molecule has 122 valence electrons. The number of carbonyl (C=O) groups excluding carboxylic acids is 2. The van der Waals surface area contributed by atoms with Gasteiger partial charge in [0.05, 0.1) is 5.56 Å². The molecule has 0 heterocycles. The van der Waals surface area contributed by atoms with Crippen LogP contribution in [-0.2, 0) is 4.79 Å². The molecule has 2 unspecified atom stereocenters. The van der Waals surface area contributed by atoms with Gasteiger partial charge in [-0.3, -0.25) is 9.59 Å². The van der Waals surface area contributed by atoms with Crippen molar-refractivity contribution in [2.24, 2.45) is 17.6 Å². The summed E-state index contributed by atoms with van der Waals surface area (Å²) in [5.74, 6) is -1.47. The maximum Gasteiger partial charge on any atom is 0.254 e. The zero-order chi connectivity index (χ0) is 16.7. The minimum atomic E-state index is -0.725. The molecule has 2 atom stereocenters. The van der Waals surface area contributed by atoms with E-state index < -0.39 is 17.8 Å². The van der Waals surface area contributed by atoms with Gasteiger partial charge in [-0.05, 0) is 30.5 Å².